The molecule has 116 valence electrons. The van der Waals surface area contributed by atoms with Gasteiger partial charge in [0, 0.05) is 11.3 Å². The number of carbonyl (C=O) groups excluding carboxylic acids is 1. The summed E-state index contributed by atoms with van der Waals surface area (Å²) in [6.07, 6.45) is 3.38. The van der Waals surface area contributed by atoms with Gasteiger partial charge in [-0.1, -0.05) is 48.5 Å². The Morgan fingerprint density at radius 2 is 1.61 bits per heavy atom. The molecule has 0 saturated carbocycles. The van der Waals surface area contributed by atoms with E-state index in [4.69, 9.17) is 0 Å². The molecule has 0 bridgehead atoms. The molecule has 23 heavy (non-hydrogen) atoms. The van der Waals surface area contributed by atoms with Crippen molar-refractivity contribution in [1.82, 2.24) is 5.32 Å². The molecule has 1 aliphatic carbocycles. The molecule has 2 unspecified atom stereocenters. The fourth-order valence-corrected chi connectivity index (χ4v) is 2.52. The topological polar surface area (TPSA) is 69.6 Å². The predicted molar refractivity (Wildman–Crippen MR) is 87.5 cm³/mol. The number of carbonyl (C=O) groups is 1. The van der Waals surface area contributed by atoms with E-state index in [-0.39, 0.29) is 5.91 Å². The maximum atomic E-state index is 12.1. The van der Waals surface area contributed by atoms with Crippen LogP contribution in [0.1, 0.15) is 15.9 Å². The van der Waals surface area contributed by atoms with E-state index >= 15 is 0 Å². The average Bonchev–Trinajstić information content (AvgIpc) is 2.60. The number of aliphatic hydroxyl groups is 2. The van der Waals surface area contributed by atoms with E-state index < -0.39 is 11.7 Å². The molecule has 4 nitrogen and oxygen atoms in total. The van der Waals surface area contributed by atoms with Crippen molar-refractivity contribution in [1.29, 1.82) is 0 Å². The Morgan fingerprint density at radius 3 is 2.22 bits per heavy atom. The van der Waals surface area contributed by atoms with E-state index in [1.165, 1.54) is 12.2 Å². The molecule has 3 rings (SSSR count). The smallest absolute Gasteiger partial charge is 0.255 e. The third-order valence-electron chi connectivity index (χ3n) is 3.84. The van der Waals surface area contributed by atoms with Crippen molar-refractivity contribution in [3.8, 4) is 0 Å². The van der Waals surface area contributed by atoms with E-state index in [9.17, 15) is 15.0 Å². The van der Waals surface area contributed by atoms with Crippen LogP contribution in [0.25, 0.3) is 0 Å². The zero-order valence-electron chi connectivity index (χ0n) is 12.4. The van der Waals surface area contributed by atoms with Gasteiger partial charge in [0.15, 0.2) is 0 Å². The van der Waals surface area contributed by atoms with Gasteiger partial charge in [-0.3, -0.25) is 4.79 Å². The van der Waals surface area contributed by atoms with Gasteiger partial charge in [-0.15, -0.1) is 0 Å². The van der Waals surface area contributed by atoms with Gasteiger partial charge >= 0.3 is 0 Å². The molecule has 0 aromatic heterocycles. The lowest BCUT2D eigenvalue weighted by molar-refractivity contribution is -0.0202. The number of hydrogen-bond acceptors (Lipinski definition) is 3. The number of hydrogen-bond donors (Lipinski definition) is 3. The van der Waals surface area contributed by atoms with E-state index in [1.54, 1.807) is 54.6 Å². The minimum absolute atomic E-state index is 0.265. The van der Waals surface area contributed by atoms with E-state index in [0.717, 1.165) is 0 Å². The maximum absolute atomic E-state index is 12.1. The summed E-state index contributed by atoms with van der Waals surface area (Å²) in [6, 6.07) is 17.7. The fourth-order valence-electron chi connectivity index (χ4n) is 2.52. The van der Waals surface area contributed by atoms with Crippen molar-refractivity contribution in [2.24, 2.45) is 0 Å². The molecule has 3 N–H and O–H groups in total. The molecule has 2 atom stereocenters. The Labute approximate surface area is 134 Å². The van der Waals surface area contributed by atoms with Crippen LogP contribution in [-0.2, 0) is 5.60 Å². The molecular weight excluding hydrogens is 290 g/mol. The van der Waals surface area contributed by atoms with E-state index in [1.807, 2.05) is 12.1 Å². The molecule has 2 aromatic carbocycles. The monoisotopic (exact) mass is 307 g/mol. The molecule has 0 spiro atoms. The first-order valence-corrected chi connectivity index (χ1v) is 7.33. The Hall–Kier alpha value is -2.69. The fraction of sp³-hybridized carbons (Fsp3) is 0.105. The lowest BCUT2D eigenvalue weighted by Crippen LogP contribution is -2.39. The van der Waals surface area contributed by atoms with Crippen LogP contribution >= 0.6 is 0 Å². The van der Waals surface area contributed by atoms with Crippen LogP contribution in [0.2, 0.25) is 0 Å². The number of rotatable bonds is 3. The highest BCUT2D eigenvalue weighted by Crippen LogP contribution is 2.31. The minimum atomic E-state index is -1.50. The SMILES string of the molecule is O=C(NC1=CC(O)C(O)(c2ccccc2)C=C1)c1ccccc1. The average molecular weight is 307 g/mol. The van der Waals surface area contributed by atoms with Gasteiger partial charge in [0.2, 0.25) is 0 Å². The van der Waals surface area contributed by atoms with Gasteiger partial charge in [-0.05, 0) is 35.9 Å². The summed E-state index contributed by atoms with van der Waals surface area (Å²) in [6.45, 7) is 0. The second-order valence-corrected chi connectivity index (χ2v) is 5.41. The first-order chi connectivity index (χ1) is 11.1. The lowest BCUT2D eigenvalue weighted by Gasteiger charge is -2.32. The molecule has 2 aromatic rings. The predicted octanol–water partition coefficient (Wildman–Crippen LogP) is 2.12. The first kappa shape index (κ1) is 15.2. The summed E-state index contributed by atoms with van der Waals surface area (Å²) in [7, 11) is 0. The van der Waals surface area contributed by atoms with Crippen molar-refractivity contribution in [3.05, 3.63) is 95.7 Å². The number of amides is 1. The molecule has 0 radical (unpaired) electrons. The Kier molecular flexibility index (Phi) is 4.10. The van der Waals surface area contributed by atoms with Crippen molar-refractivity contribution in [3.63, 3.8) is 0 Å². The molecular formula is C19H17NO3. The van der Waals surface area contributed by atoms with Crippen molar-refractivity contribution in [2.45, 2.75) is 11.7 Å². The molecule has 4 heteroatoms. The minimum Gasteiger partial charge on any atom is -0.385 e. The largest absolute Gasteiger partial charge is 0.385 e. The third-order valence-corrected chi connectivity index (χ3v) is 3.84. The Morgan fingerprint density at radius 1 is 1.00 bits per heavy atom. The Bertz CT molecular complexity index is 753. The van der Waals surface area contributed by atoms with Crippen LogP contribution in [0.4, 0.5) is 0 Å². The molecule has 0 heterocycles. The van der Waals surface area contributed by atoms with Gasteiger partial charge < -0.3 is 15.5 Å². The summed E-state index contributed by atoms with van der Waals surface area (Å²) in [5, 5.41) is 23.7. The normalized spacial score (nSPS) is 23.2. The second kappa shape index (κ2) is 6.20. The Balaban J connectivity index is 1.77. The van der Waals surface area contributed by atoms with Gasteiger partial charge in [0.25, 0.3) is 5.91 Å². The van der Waals surface area contributed by atoms with Crippen LogP contribution in [0.15, 0.2) is 84.6 Å². The summed E-state index contributed by atoms with van der Waals surface area (Å²) >= 11 is 0. The highest BCUT2D eigenvalue weighted by molar-refractivity contribution is 5.95. The molecule has 0 fully saturated rings. The number of benzene rings is 2. The van der Waals surface area contributed by atoms with E-state index in [2.05, 4.69) is 5.32 Å². The van der Waals surface area contributed by atoms with Gasteiger partial charge in [0.1, 0.15) is 11.7 Å². The summed E-state index contributed by atoms with van der Waals surface area (Å²) in [5.41, 5.74) is 0.0722. The molecule has 1 aliphatic rings. The second-order valence-electron chi connectivity index (χ2n) is 5.41. The van der Waals surface area contributed by atoms with Crippen LogP contribution in [0.5, 0.6) is 0 Å². The van der Waals surface area contributed by atoms with Crippen LogP contribution in [0.3, 0.4) is 0 Å². The van der Waals surface area contributed by atoms with Crippen molar-refractivity contribution < 1.29 is 15.0 Å². The highest BCUT2D eigenvalue weighted by Gasteiger charge is 2.36. The highest BCUT2D eigenvalue weighted by atomic mass is 16.3. The van der Waals surface area contributed by atoms with E-state index in [0.29, 0.717) is 16.8 Å². The van der Waals surface area contributed by atoms with Crippen LogP contribution < -0.4 is 5.32 Å². The summed E-state index contributed by atoms with van der Waals surface area (Å²) in [4.78, 5) is 12.1. The zero-order chi connectivity index (χ0) is 16.3. The quantitative estimate of drug-likeness (QED) is 0.813. The van der Waals surface area contributed by atoms with Crippen molar-refractivity contribution >= 4 is 5.91 Å². The van der Waals surface area contributed by atoms with Crippen molar-refractivity contribution in [2.75, 3.05) is 0 Å². The van der Waals surface area contributed by atoms with Crippen LogP contribution in [-0.4, -0.2) is 22.2 Å². The standard InChI is InChI=1S/C19H17NO3/c21-17-13-16(20-18(22)14-7-3-1-4-8-14)11-12-19(17,23)15-9-5-2-6-10-15/h1-13,17,21,23H,(H,20,22). The molecule has 1 amide bonds. The number of nitrogens with one attached hydrogen (secondary N) is 1. The maximum Gasteiger partial charge on any atom is 0.255 e. The molecule has 0 saturated heterocycles. The van der Waals surface area contributed by atoms with Gasteiger partial charge in [-0.25, -0.2) is 0 Å². The van der Waals surface area contributed by atoms with Gasteiger partial charge in [0.05, 0.1) is 0 Å². The first-order valence-electron chi connectivity index (χ1n) is 7.33. The summed E-state index contributed by atoms with van der Waals surface area (Å²) < 4.78 is 0. The van der Waals surface area contributed by atoms with Gasteiger partial charge in [-0.2, -0.15) is 0 Å². The zero-order valence-corrected chi connectivity index (χ0v) is 12.4. The number of allylic oxidation sites excluding steroid dienone is 1. The lowest BCUT2D eigenvalue weighted by atomic mass is 9.84. The number of aliphatic hydroxyl groups excluding tert-OH is 1. The third kappa shape index (κ3) is 3.08. The summed E-state index contributed by atoms with van der Waals surface area (Å²) in [5.74, 6) is -0.265. The van der Waals surface area contributed by atoms with Crippen LogP contribution in [0, 0.1) is 0 Å². The molecule has 0 aliphatic heterocycles.